The largest absolute Gasteiger partial charge is 0.458 e. The van der Waals surface area contributed by atoms with Crippen LogP contribution in [0.3, 0.4) is 0 Å². The molecule has 2 saturated heterocycles. The molecule has 0 amide bonds. The van der Waals surface area contributed by atoms with Crippen LogP contribution in [0.1, 0.15) is 85.0 Å². The van der Waals surface area contributed by atoms with Crippen LogP contribution in [0.2, 0.25) is 0 Å². The fourth-order valence-electron chi connectivity index (χ4n) is 11.7. The van der Waals surface area contributed by atoms with Crippen LogP contribution in [-0.4, -0.2) is 123 Å². The summed E-state index contributed by atoms with van der Waals surface area (Å²) in [5, 5.41) is 63.8. The minimum atomic E-state index is -1.60. The number of hydrogen-bond acceptors (Lipinski definition) is 13. The number of aliphatic hydroxyl groups is 6. The van der Waals surface area contributed by atoms with E-state index in [4.69, 9.17) is 23.7 Å². The first-order valence-electron chi connectivity index (χ1n) is 18.3. The molecule has 4 aliphatic carbocycles. The van der Waals surface area contributed by atoms with Crippen LogP contribution in [0.5, 0.6) is 0 Å². The molecule has 6 fully saturated rings. The average molecular weight is 695 g/mol. The van der Waals surface area contributed by atoms with E-state index >= 15 is 0 Å². The second-order valence-electron chi connectivity index (χ2n) is 16.3. The van der Waals surface area contributed by atoms with Gasteiger partial charge in [-0.25, -0.2) is 4.79 Å². The van der Waals surface area contributed by atoms with Crippen molar-refractivity contribution in [3.63, 3.8) is 0 Å². The van der Waals surface area contributed by atoms with Crippen molar-refractivity contribution in [3.05, 3.63) is 11.6 Å². The molecular formula is C36H54O13. The number of esters is 1. The zero-order valence-electron chi connectivity index (χ0n) is 28.7. The second-order valence-corrected chi connectivity index (χ2v) is 16.3. The van der Waals surface area contributed by atoms with Crippen LogP contribution in [0.15, 0.2) is 11.6 Å². The number of carbonyl (C=O) groups excluding carboxylic acids is 2. The summed E-state index contributed by atoms with van der Waals surface area (Å²) in [6.07, 6.45) is -2.31. The summed E-state index contributed by atoms with van der Waals surface area (Å²) < 4.78 is 29.2. The maximum Gasteiger partial charge on any atom is 0.331 e. The van der Waals surface area contributed by atoms with Gasteiger partial charge in [0.2, 0.25) is 0 Å². The van der Waals surface area contributed by atoms with Crippen molar-refractivity contribution >= 4 is 11.8 Å². The topological polar surface area (TPSA) is 202 Å². The molecule has 17 atom stereocenters. The number of carbonyl (C=O) groups is 2. The Kier molecular flexibility index (Phi) is 9.63. The average Bonchev–Trinajstić information content (AvgIpc) is 3.61. The quantitative estimate of drug-likeness (QED) is 0.162. The molecule has 0 bridgehead atoms. The molecule has 13 heteroatoms. The lowest BCUT2D eigenvalue weighted by Gasteiger charge is -2.63. The molecule has 0 spiro atoms. The minimum Gasteiger partial charge on any atom is -0.458 e. The molecule has 0 aromatic carbocycles. The van der Waals surface area contributed by atoms with Gasteiger partial charge in [0.1, 0.15) is 42.9 Å². The molecule has 3 aliphatic heterocycles. The van der Waals surface area contributed by atoms with Crippen LogP contribution < -0.4 is 0 Å². The Morgan fingerprint density at radius 3 is 2.39 bits per heavy atom. The summed E-state index contributed by atoms with van der Waals surface area (Å²) >= 11 is 0. The highest BCUT2D eigenvalue weighted by molar-refractivity contribution is 5.85. The Bertz CT molecular complexity index is 1290. The highest BCUT2D eigenvalue weighted by Gasteiger charge is 2.69. The number of rotatable bonds is 7. The van der Waals surface area contributed by atoms with Gasteiger partial charge in [-0.3, -0.25) is 4.79 Å². The first kappa shape index (κ1) is 35.9. The molecule has 7 rings (SSSR count). The van der Waals surface area contributed by atoms with Crippen molar-refractivity contribution in [1.82, 2.24) is 0 Å². The van der Waals surface area contributed by atoms with E-state index in [1.54, 1.807) is 19.9 Å². The lowest BCUT2D eigenvalue weighted by atomic mass is 9.42. The fraction of sp³-hybridized carbons (Fsp3) is 0.889. The smallest absolute Gasteiger partial charge is 0.331 e. The molecule has 7 aliphatic rings. The molecule has 49 heavy (non-hydrogen) atoms. The van der Waals surface area contributed by atoms with E-state index in [2.05, 4.69) is 6.92 Å². The van der Waals surface area contributed by atoms with Crippen molar-refractivity contribution in [2.24, 2.45) is 34.5 Å². The van der Waals surface area contributed by atoms with Crippen LogP contribution in [0.4, 0.5) is 0 Å². The zero-order valence-corrected chi connectivity index (χ0v) is 28.7. The number of ketones is 1. The molecule has 17 unspecified atom stereocenters. The standard InChI is InChI=1S/C36H54O13/c1-17-32(49-33-31(43)30(42)29(41)26(15-37)48-33)25(39)14-28(46-17)47-21-6-10-35(18(2)38)20(13-21)4-5-24-23(35)7-9-34(3)22(8-11-36(24,34)44)19-12-27(40)45-16-19/h12,17,20-26,28-33,37,39,41-44H,4-11,13-16H2,1-3H3. The highest BCUT2D eigenvalue weighted by atomic mass is 16.7. The Hall–Kier alpha value is -1.52. The Labute approximate surface area is 286 Å². The van der Waals surface area contributed by atoms with Gasteiger partial charge in [0, 0.05) is 23.3 Å². The van der Waals surface area contributed by atoms with Crippen molar-refractivity contribution in [3.8, 4) is 0 Å². The molecule has 13 nitrogen and oxygen atoms in total. The maximum absolute atomic E-state index is 13.8. The number of Topliss-reactive ketones (excluding diaryl/α,β-unsaturated/α-hetero) is 1. The summed E-state index contributed by atoms with van der Waals surface area (Å²) in [4.78, 5) is 25.7. The Balaban J connectivity index is 0.996. The number of cyclic esters (lactones) is 1. The van der Waals surface area contributed by atoms with Gasteiger partial charge in [-0.05, 0) is 101 Å². The SMILES string of the molecule is CC(=O)C12CCC(OC3CC(O)C(OC4OC(CO)C(O)C(O)C4O)C(C)O3)CC1CCC1C2CCC2(C)C(C3=CC(=O)OC3)CCC12O. The molecule has 0 aromatic rings. The van der Waals surface area contributed by atoms with E-state index in [0.717, 1.165) is 37.7 Å². The third-order valence-corrected chi connectivity index (χ3v) is 14.2. The van der Waals surface area contributed by atoms with Gasteiger partial charge >= 0.3 is 5.97 Å². The van der Waals surface area contributed by atoms with Gasteiger partial charge in [-0.2, -0.15) is 0 Å². The predicted octanol–water partition coefficient (Wildman–Crippen LogP) is 0.879. The van der Waals surface area contributed by atoms with Crippen LogP contribution in [0, 0.1) is 34.5 Å². The van der Waals surface area contributed by atoms with Gasteiger partial charge in [0.15, 0.2) is 12.6 Å². The van der Waals surface area contributed by atoms with E-state index in [1.165, 1.54) is 0 Å². The first-order chi connectivity index (χ1) is 23.2. The normalized spacial score (nSPS) is 52.8. The summed E-state index contributed by atoms with van der Waals surface area (Å²) in [7, 11) is 0. The van der Waals surface area contributed by atoms with Crippen molar-refractivity contribution in [1.29, 1.82) is 0 Å². The summed E-state index contributed by atoms with van der Waals surface area (Å²) in [5.74, 6) is 0.163. The van der Waals surface area contributed by atoms with Crippen LogP contribution in [-0.2, 0) is 33.3 Å². The van der Waals surface area contributed by atoms with Crippen LogP contribution in [0.25, 0.3) is 0 Å². The number of hydrogen-bond donors (Lipinski definition) is 6. The second kappa shape index (κ2) is 13.2. The number of fused-ring (bicyclic) bond motifs is 5. The maximum atomic E-state index is 13.8. The molecule has 6 N–H and O–H groups in total. The summed E-state index contributed by atoms with van der Waals surface area (Å²) in [6, 6.07) is 0. The lowest BCUT2D eigenvalue weighted by Crippen LogP contribution is -2.64. The number of ether oxygens (including phenoxy) is 5. The van der Waals surface area contributed by atoms with Crippen molar-refractivity contribution in [2.45, 2.75) is 152 Å². The van der Waals surface area contributed by atoms with Crippen molar-refractivity contribution in [2.75, 3.05) is 13.2 Å². The number of aliphatic hydroxyl groups excluding tert-OH is 5. The molecule has 0 radical (unpaired) electrons. The predicted molar refractivity (Wildman–Crippen MR) is 169 cm³/mol. The third kappa shape index (κ3) is 5.66. The monoisotopic (exact) mass is 694 g/mol. The zero-order chi connectivity index (χ0) is 35.0. The van der Waals surface area contributed by atoms with E-state index in [9.17, 15) is 40.2 Å². The van der Waals surface area contributed by atoms with Gasteiger partial charge in [0.25, 0.3) is 0 Å². The van der Waals surface area contributed by atoms with E-state index in [1.807, 2.05) is 0 Å². The van der Waals surface area contributed by atoms with E-state index in [-0.39, 0.29) is 53.4 Å². The first-order valence-corrected chi connectivity index (χ1v) is 18.3. The van der Waals surface area contributed by atoms with Gasteiger partial charge < -0.3 is 54.3 Å². The molecule has 4 saturated carbocycles. The van der Waals surface area contributed by atoms with Crippen molar-refractivity contribution < 1.29 is 63.9 Å². The Morgan fingerprint density at radius 2 is 1.71 bits per heavy atom. The lowest BCUT2D eigenvalue weighted by molar-refractivity contribution is -0.344. The molecule has 0 aromatic heterocycles. The summed E-state index contributed by atoms with van der Waals surface area (Å²) in [6.45, 7) is 5.32. The third-order valence-electron chi connectivity index (χ3n) is 14.2. The molecular weight excluding hydrogens is 640 g/mol. The minimum absolute atomic E-state index is 0.00537. The Morgan fingerprint density at radius 1 is 0.939 bits per heavy atom. The highest BCUT2D eigenvalue weighted by Crippen LogP contribution is 2.70. The van der Waals surface area contributed by atoms with Gasteiger partial charge in [0.05, 0.1) is 30.5 Å². The molecule has 3 heterocycles. The summed E-state index contributed by atoms with van der Waals surface area (Å²) in [5.41, 5.74) is -0.830. The van der Waals surface area contributed by atoms with E-state index in [0.29, 0.717) is 32.3 Å². The molecule has 276 valence electrons. The van der Waals surface area contributed by atoms with Gasteiger partial charge in [-0.15, -0.1) is 0 Å². The van der Waals surface area contributed by atoms with Crippen LogP contribution >= 0.6 is 0 Å². The fourth-order valence-corrected chi connectivity index (χ4v) is 11.7. The van der Waals surface area contributed by atoms with E-state index < -0.39 is 72.9 Å². The van der Waals surface area contributed by atoms with Gasteiger partial charge in [-0.1, -0.05) is 6.92 Å².